The molecule has 0 aliphatic carbocycles. The number of phenols is 1. The smallest absolute Gasteiger partial charge is 0.295 e. The number of halogens is 1. The van der Waals surface area contributed by atoms with Gasteiger partial charge in [-0.25, -0.2) is 4.39 Å². The van der Waals surface area contributed by atoms with Crippen LogP contribution in [-0.4, -0.2) is 66.0 Å². The molecule has 1 aliphatic rings. The van der Waals surface area contributed by atoms with Gasteiger partial charge in [-0.15, -0.1) is 0 Å². The number of aliphatic hydroxyl groups is 1. The number of amides is 1. The Morgan fingerprint density at radius 1 is 1.20 bits per heavy atom. The molecule has 1 fully saturated rings. The number of ketones is 1. The minimum absolute atomic E-state index is 0.0252. The number of phenolic OH excluding ortho intramolecular Hbond substituents is 1. The zero-order chi connectivity index (χ0) is 22.0. The van der Waals surface area contributed by atoms with Crippen LogP contribution < -0.4 is 4.74 Å². The van der Waals surface area contributed by atoms with Crippen LogP contribution in [0.15, 0.2) is 48.0 Å². The van der Waals surface area contributed by atoms with E-state index < -0.39 is 29.3 Å². The number of hydrogen-bond acceptors (Lipinski definition) is 6. The van der Waals surface area contributed by atoms with Gasteiger partial charge in [-0.2, -0.15) is 0 Å². The van der Waals surface area contributed by atoms with Gasteiger partial charge in [0, 0.05) is 19.2 Å². The van der Waals surface area contributed by atoms with Crippen LogP contribution in [0.2, 0.25) is 0 Å². The molecule has 1 atom stereocenters. The number of likely N-dealkylation sites (N-methyl/N-ethyl adjacent to an activating group) is 1. The lowest BCUT2D eigenvalue weighted by molar-refractivity contribution is -0.140. The SMILES string of the molecule is COc1ccc(C(O)=C2C(=O)C(=O)N(CCN(C)C)[C@H]2c2cccc(F)c2)c(O)c1. The third-order valence-electron chi connectivity index (χ3n) is 4.95. The summed E-state index contributed by atoms with van der Waals surface area (Å²) in [5.74, 6) is -2.70. The number of rotatable bonds is 6. The van der Waals surface area contributed by atoms with E-state index in [0.717, 1.165) is 0 Å². The van der Waals surface area contributed by atoms with Crippen LogP contribution in [0.3, 0.4) is 0 Å². The molecule has 0 aromatic heterocycles. The van der Waals surface area contributed by atoms with Gasteiger partial charge in [-0.05, 0) is 43.9 Å². The summed E-state index contributed by atoms with van der Waals surface area (Å²) in [5.41, 5.74) is 0.121. The number of ether oxygens (including phenoxy) is 1. The average molecular weight is 414 g/mol. The fourth-order valence-corrected chi connectivity index (χ4v) is 3.43. The number of benzene rings is 2. The summed E-state index contributed by atoms with van der Waals surface area (Å²) in [6.45, 7) is 0.663. The van der Waals surface area contributed by atoms with Gasteiger partial charge >= 0.3 is 0 Å². The Labute approximate surface area is 173 Å². The molecule has 2 aromatic carbocycles. The maximum Gasteiger partial charge on any atom is 0.295 e. The third-order valence-corrected chi connectivity index (χ3v) is 4.95. The van der Waals surface area contributed by atoms with Gasteiger partial charge in [0.25, 0.3) is 11.7 Å². The summed E-state index contributed by atoms with van der Waals surface area (Å²) in [6, 6.07) is 8.74. The summed E-state index contributed by atoms with van der Waals surface area (Å²) < 4.78 is 19.0. The van der Waals surface area contributed by atoms with Crippen molar-refractivity contribution in [3.05, 3.63) is 65.0 Å². The van der Waals surface area contributed by atoms with Crippen LogP contribution in [0, 0.1) is 5.82 Å². The molecule has 0 bridgehead atoms. The van der Waals surface area contributed by atoms with Crippen molar-refractivity contribution in [2.24, 2.45) is 0 Å². The van der Waals surface area contributed by atoms with E-state index in [9.17, 15) is 24.2 Å². The third kappa shape index (κ3) is 3.99. The van der Waals surface area contributed by atoms with E-state index in [1.807, 2.05) is 19.0 Å². The number of carbonyl (C=O) groups is 2. The van der Waals surface area contributed by atoms with Gasteiger partial charge in [0.05, 0.1) is 24.3 Å². The van der Waals surface area contributed by atoms with Crippen LogP contribution in [-0.2, 0) is 9.59 Å². The summed E-state index contributed by atoms with van der Waals surface area (Å²) >= 11 is 0. The normalized spacial score (nSPS) is 18.3. The van der Waals surface area contributed by atoms with Crippen molar-refractivity contribution >= 4 is 17.4 Å². The molecule has 158 valence electrons. The zero-order valence-corrected chi connectivity index (χ0v) is 16.9. The molecular formula is C22H23FN2O5. The van der Waals surface area contributed by atoms with E-state index in [-0.39, 0.29) is 23.4 Å². The molecule has 30 heavy (non-hydrogen) atoms. The van der Waals surface area contributed by atoms with Gasteiger partial charge in [0.15, 0.2) is 0 Å². The first-order valence-electron chi connectivity index (χ1n) is 9.30. The van der Waals surface area contributed by atoms with Gasteiger partial charge in [0.1, 0.15) is 23.1 Å². The Bertz CT molecular complexity index is 1020. The molecule has 0 unspecified atom stereocenters. The molecule has 8 heteroatoms. The molecule has 1 aliphatic heterocycles. The maximum atomic E-state index is 13.9. The van der Waals surface area contributed by atoms with Gasteiger partial charge in [-0.1, -0.05) is 12.1 Å². The molecule has 7 nitrogen and oxygen atoms in total. The lowest BCUT2D eigenvalue weighted by atomic mass is 9.95. The Morgan fingerprint density at radius 2 is 1.93 bits per heavy atom. The van der Waals surface area contributed by atoms with Crippen LogP contribution >= 0.6 is 0 Å². The molecule has 2 N–H and O–H groups in total. The number of nitrogens with zero attached hydrogens (tertiary/aromatic N) is 2. The number of carbonyl (C=O) groups excluding carboxylic acids is 2. The van der Waals surface area contributed by atoms with E-state index in [2.05, 4.69) is 0 Å². The minimum Gasteiger partial charge on any atom is -0.507 e. The summed E-state index contributed by atoms with van der Waals surface area (Å²) in [5, 5.41) is 21.2. The van der Waals surface area contributed by atoms with E-state index in [4.69, 9.17) is 4.74 Å². The number of methoxy groups -OCH3 is 1. The van der Waals surface area contributed by atoms with Crippen molar-refractivity contribution in [1.29, 1.82) is 0 Å². The number of Topliss-reactive ketones (excluding diaryl/α,β-unsaturated/α-hetero) is 1. The molecule has 1 saturated heterocycles. The molecule has 1 heterocycles. The van der Waals surface area contributed by atoms with Crippen molar-refractivity contribution in [2.75, 3.05) is 34.3 Å². The van der Waals surface area contributed by atoms with Crippen molar-refractivity contribution in [1.82, 2.24) is 9.80 Å². The second kappa shape index (κ2) is 8.54. The summed E-state index contributed by atoms with van der Waals surface area (Å²) in [7, 11) is 5.07. The van der Waals surface area contributed by atoms with Gasteiger partial charge in [-0.3, -0.25) is 9.59 Å². The Hall–Kier alpha value is -3.39. The second-order valence-corrected chi connectivity index (χ2v) is 7.23. The quantitative estimate of drug-likeness (QED) is 0.429. The monoisotopic (exact) mass is 414 g/mol. The number of hydrogen-bond donors (Lipinski definition) is 2. The van der Waals surface area contributed by atoms with Crippen molar-refractivity contribution in [3.63, 3.8) is 0 Å². The first-order valence-corrected chi connectivity index (χ1v) is 9.30. The van der Waals surface area contributed by atoms with Crippen LogP contribution in [0.4, 0.5) is 4.39 Å². The zero-order valence-electron chi connectivity index (χ0n) is 16.9. The maximum absolute atomic E-state index is 13.9. The standard InChI is InChI=1S/C22H23FN2O5/c1-24(2)9-10-25-19(13-5-4-6-14(23)11-13)18(21(28)22(25)29)20(27)16-8-7-15(30-3)12-17(16)26/h4-8,11-12,19,26-27H,9-10H2,1-3H3/t19-/m0/s1. The summed E-state index contributed by atoms with van der Waals surface area (Å²) in [6.07, 6.45) is 0. The Morgan fingerprint density at radius 3 is 2.53 bits per heavy atom. The van der Waals surface area contributed by atoms with E-state index >= 15 is 0 Å². The van der Waals surface area contributed by atoms with Gasteiger partial charge in [0.2, 0.25) is 0 Å². The fraction of sp³-hybridized carbons (Fsp3) is 0.273. The first-order chi connectivity index (χ1) is 14.2. The highest BCUT2D eigenvalue weighted by atomic mass is 19.1. The molecular weight excluding hydrogens is 391 g/mol. The Kier molecular flexibility index (Phi) is 6.07. The molecule has 3 rings (SSSR count). The van der Waals surface area contributed by atoms with E-state index in [0.29, 0.717) is 17.9 Å². The molecule has 0 saturated carbocycles. The molecule has 0 spiro atoms. The highest BCUT2D eigenvalue weighted by Gasteiger charge is 2.46. The number of aliphatic hydroxyl groups excluding tert-OH is 1. The highest BCUT2D eigenvalue weighted by molar-refractivity contribution is 6.46. The minimum atomic E-state index is -0.984. The average Bonchev–Trinajstić information content (AvgIpc) is 2.96. The highest BCUT2D eigenvalue weighted by Crippen LogP contribution is 2.41. The molecule has 1 amide bonds. The second-order valence-electron chi connectivity index (χ2n) is 7.23. The van der Waals surface area contributed by atoms with Crippen LogP contribution in [0.5, 0.6) is 11.5 Å². The lowest BCUT2D eigenvalue weighted by Crippen LogP contribution is -2.35. The molecule has 0 radical (unpaired) electrons. The lowest BCUT2D eigenvalue weighted by Gasteiger charge is -2.26. The number of aromatic hydroxyl groups is 1. The largest absolute Gasteiger partial charge is 0.507 e. The van der Waals surface area contributed by atoms with Crippen molar-refractivity contribution in [3.8, 4) is 11.5 Å². The fourth-order valence-electron chi connectivity index (χ4n) is 3.43. The van der Waals surface area contributed by atoms with Crippen LogP contribution in [0.1, 0.15) is 17.2 Å². The predicted molar refractivity (Wildman–Crippen MR) is 109 cm³/mol. The van der Waals surface area contributed by atoms with E-state index in [1.54, 1.807) is 6.07 Å². The summed E-state index contributed by atoms with van der Waals surface area (Å²) in [4.78, 5) is 28.8. The Balaban J connectivity index is 2.17. The van der Waals surface area contributed by atoms with E-state index in [1.165, 1.54) is 48.4 Å². The predicted octanol–water partition coefficient (Wildman–Crippen LogP) is 2.52. The molecule has 2 aromatic rings. The topological polar surface area (TPSA) is 90.3 Å². The van der Waals surface area contributed by atoms with Crippen molar-refractivity contribution < 1.29 is 28.9 Å². The first kappa shape index (κ1) is 21.3. The van der Waals surface area contributed by atoms with Crippen molar-refractivity contribution in [2.45, 2.75) is 6.04 Å². The van der Waals surface area contributed by atoms with Gasteiger partial charge < -0.3 is 24.7 Å². The van der Waals surface area contributed by atoms with Crippen LogP contribution in [0.25, 0.3) is 5.76 Å². The number of likely N-dealkylation sites (tertiary alicyclic amines) is 1.